The van der Waals surface area contributed by atoms with Gasteiger partial charge in [-0.15, -0.1) is 0 Å². The van der Waals surface area contributed by atoms with E-state index in [9.17, 15) is 9.59 Å². The summed E-state index contributed by atoms with van der Waals surface area (Å²) in [4.78, 5) is 28.9. The number of methoxy groups -OCH3 is 2. The molecule has 1 aliphatic heterocycles. The highest BCUT2D eigenvalue weighted by Gasteiger charge is 2.23. The first-order valence-electron chi connectivity index (χ1n) is 14.2. The van der Waals surface area contributed by atoms with Gasteiger partial charge in [0.1, 0.15) is 11.5 Å². The van der Waals surface area contributed by atoms with Gasteiger partial charge >= 0.3 is 0 Å². The minimum Gasteiger partial charge on any atom is -0.497 e. The fourth-order valence-electron chi connectivity index (χ4n) is 4.30. The average molecular weight is 570 g/mol. The van der Waals surface area contributed by atoms with Gasteiger partial charge in [0, 0.05) is 39.2 Å². The number of carbonyl (C=O) groups excluding carboxylic acids is 2. The van der Waals surface area contributed by atoms with E-state index in [1.165, 1.54) is 7.11 Å². The van der Waals surface area contributed by atoms with E-state index in [4.69, 9.17) is 18.9 Å². The molecule has 9 heteroatoms. The molecule has 0 saturated carbocycles. The summed E-state index contributed by atoms with van der Waals surface area (Å²) in [6, 6.07) is 7.50. The van der Waals surface area contributed by atoms with Crippen molar-refractivity contribution >= 4 is 11.7 Å². The zero-order chi connectivity index (χ0) is 30.0. The Bertz CT molecular complexity index is 1070. The van der Waals surface area contributed by atoms with Crippen LogP contribution in [0.3, 0.4) is 0 Å². The lowest BCUT2D eigenvalue weighted by atomic mass is 9.96. The summed E-state index contributed by atoms with van der Waals surface area (Å²) in [5.74, 6) is 0.678. The first kappa shape index (κ1) is 33.8. The number of Topliss-reactive ketones (excluding diaryl/α,β-unsaturated/α-hetero) is 1. The molecule has 1 aliphatic rings. The Labute approximate surface area is 245 Å². The van der Waals surface area contributed by atoms with Crippen LogP contribution in [0.2, 0.25) is 0 Å². The molecule has 0 bridgehead atoms. The van der Waals surface area contributed by atoms with Crippen molar-refractivity contribution in [3.05, 3.63) is 77.2 Å². The third kappa shape index (κ3) is 11.9. The molecule has 0 radical (unpaired) electrons. The molecule has 1 aromatic rings. The smallest absolute Gasteiger partial charge is 0.239 e. The summed E-state index contributed by atoms with van der Waals surface area (Å²) >= 11 is 0. The van der Waals surface area contributed by atoms with Crippen LogP contribution in [0.15, 0.2) is 71.7 Å². The number of nitrogens with one attached hydrogen (secondary N) is 2. The summed E-state index contributed by atoms with van der Waals surface area (Å²) in [5, 5.41) is 6.12. The quantitative estimate of drug-likeness (QED) is 0.148. The number of benzene rings is 1. The maximum Gasteiger partial charge on any atom is 0.239 e. The van der Waals surface area contributed by atoms with Crippen molar-refractivity contribution in [3.63, 3.8) is 0 Å². The monoisotopic (exact) mass is 569 g/mol. The summed E-state index contributed by atoms with van der Waals surface area (Å²) in [6.07, 6.45) is 3.82. The van der Waals surface area contributed by atoms with Crippen LogP contribution >= 0.6 is 0 Å². The lowest BCUT2D eigenvalue weighted by molar-refractivity contribution is -0.120. The Kier molecular flexibility index (Phi) is 15.5. The van der Waals surface area contributed by atoms with E-state index in [0.29, 0.717) is 55.4 Å². The summed E-state index contributed by atoms with van der Waals surface area (Å²) < 4.78 is 22.1. The van der Waals surface area contributed by atoms with Gasteiger partial charge in [0.25, 0.3) is 0 Å². The van der Waals surface area contributed by atoms with E-state index in [1.807, 2.05) is 31.2 Å². The van der Waals surface area contributed by atoms with Gasteiger partial charge in [-0.3, -0.25) is 14.5 Å². The van der Waals surface area contributed by atoms with Crippen LogP contribution in [-0.2, 0) is 30.2 Å². The number of morpholine rings is 1. The van der Waals surface area contributed by atoms with E-state index >= 15 is 0 Å². The molecule has 1 aromatic carbocycles. The van der Waals surface area contributed by atoms with Gasteiger partial charge in [-0.1, -0.05) is 44.2 Å². The van der Waals surface area contributed by atoms with Crippen LogP contribution < -0.4 is 15.4 Å². The molecular formula is C32H47N3O6. The fourth-order valence-corrected chi connectivity index (χ4v) is 4.30. The molecule has 0 aliphatic carbocycles. The van der Waals surface area contributed by atoms with Gasteiger partial charge in [-0.25, -0.2) is 0 Å². The summed E-state index contributed by atoms with van der Waals surface area (Å²) in [7, 11) is 3.14. The van der Waals surface area contributed by atoms with Crippen molar-refractivity contribution in [2.75, 3.05) is 73.4 Å². The van der Waals surface area contributed by atoms with Gasteiger partial charge in [0.05, 0.1) is 51.9 Å². The van der Waals surface area contributed by atoms with Crippen LogP contribution in [0.4, 0.5) is 0 Å². The van der Waals surface area contributed by atoms with Gasteiger partial charge in [-0.05, 0) is 42.7 Å². The topological polar surface area (TPSA) is 98.4 Å². The first-order chi connectivity index (χ1) is 19.8. The molecule has 1 heterocycles. The number of hydrogen-bond donors (Lipinski definition) is 2. The second-order valence-electron chi connectivity index (χ2n) is 9.73. The van der Waals surface area contributed by atoms with E-state index in [1.54, 1.807) is 13.2 Å². The lowest BCUT2D eigenvalue weighted by Crippen LogP contribution is -2.43. The van der Waals surface area contributed by atoms with Crippen molar-refractivity contribution in [1.29, 1.82) is 0 Å². The minimum absolute atomic E-state index is 0.0267. The van der Waals surface area contributed by atoms with Crippen LogP contribution in [0.25, 0.3) is 0 Å². The molecule has 0 aromatic heterocycles. The molecule has 226 valence electrons. The SMILES string of the molecule is C=C(/C=C(OC)\C(NCC(=O)NCCN1CCOCC1)=C(/COCC)C(=O)C(=C)Cc1ccc(OC)cc1)CCC. The number of amides is 1. The normalized spacial score (nSPS) is 14.6. The van der Waals surface area contributed by atoms with Gasteiger partial charge < -0.3 is 29.6 Å². The Morgan fingerprint density at radius 3 is 2.39 bits per heavy atom. The van der Waals surface area contributed by atoms with Crippen LogP contribution in [-0.4, -0.2) is 90.0 Å². The van der Waals surface area contributed by atoms with Crippen molar-refractivity contribution < 1.29 is 28.5 Å². The van der Waals surface area contributed by atoms with Crippen LogP contribution in [0.1, 0.15) is 32.3 Å². The summed E-state index contributed by atoms with van der Waals surface area (Å²) in [6.45, 7) is 16.9. The summed E-state index contributed by atoms with van der Waals surface area (Å²) in [5.41, 5.74) is 2.89. The Balaban J connectivity index is 2.29. The lowest BCUT2D eigenvalue weighted by Gasteiger charge is -2.26. The van der Waals surface area contributed by atoms with E-state index in [0.717, 1.165) is 49.4 Å². The second-order valence-corrected chi connectivity index (χ2v) is 9.73. The number of carbonyl (C=O) groups is 2. The Morgan fingerprint density at radius 1 is 1.07 bits per heavy atom. The zero-order valence-corrected chi connectivity index (χ0v) is 25.2. The number of allylic oxidation sites excluding steroid dienone is 3. The number of ether oxygens (including phenoxy) is 4. The third-order valence-electron chi connectivity index (χ3n) is 6.58. The molecule has 1 amide bonds. The molecule has 0 atom stereocenters. The molecule has 1 saturated heterocycles. The predicted octanol–water partition coefficient (Wildman–Crippen LogP) is 3.58. The highest BCUT2D eigenvalue weighted by atomic mass is 16.5. The number of nitrogens with zero attached hydrogens (tertiary/aromatic N) is 1. The zero-order valence-electron chi connectivity index (χ0n) is 25.2. The first-order valence-corrected chi connectivity index (χ1v) is 14.2. The Morgan fingerprint density at radius 2 is 1.78 bits per heavy atom. The predicted molar refractivity (Wildman–Crippen MR) is 162 cm³/mol. The van der Waals surface area contributed by atoms with Crippen LogP contribution in [0.5, 0.6) is 5.75 Å². The van der Waals surface area contributed by atoms with Gasteiger partial charge in [0.2, 0.25) is 5.91 Å². The highest BCUT2D eigenvalue weighted by Crippen LogP contribution is 2.22. The Hall–Kier alpha value is -3.40. The van der Waals surface area contributed by atoms with Gasteiger partial charge in [0.15, 0.2) is 5.78 Å². The minimum atomic E-state index is -0.270. The molecule has 0 spiro atoms. The maximum atomic E-state index is 13.8. The highest BCUT2D eigenvalue weighted by molar-refractivity contribution is 6.09. The number of ketones is 1. The van der Waals surface area contributed by atoms with E-state index in [2.05, 4.69) is 35.6 Å². The molecule has 9 nitrogen and oxygen atoms in total. The molecule has 2 rings (SSSR count). The largest absolute Gasteiger partial charge is 0.497 e. The van der Waals surface area contributed by atoms with Gasteiger partial charge in [-0.2, -0.15) is 0 Å². The van der Waals surface area contributed by atoms with Crippen molar-refractivity contribution in [1.82, 2.24) is 15.5 Å². The van der Waals surface area contributed by atoms with E-state index in [-0.39, 0.29) is 24.8 Å². The molecule has 1 fully saturated rings. The molecule has 2 N–H and O–H groups in total. The standard InChI is InChI=1S/C32H47N3O6/c1-7-9-24(3)20-29(39-6)31(34-22-30(36)33-14-15-35-16-18-41-19-17-35)28(23-40-8-2)32(37)25(4)21-26-10-12-27(38-5)13-11-26/h10-13,20,34H,3-4,7-9,14-19,21-23H2,1-2,5-6H3,(H,33,36)/b29-20+,31-28-. The molecule has 41 heavy (non-hydrogen) atoms. The maximum absolute atomic E-state index is 13.8. The number of rotatable bonds is 19. The van der Waals surface area contributed by atoms with E-state index < -0.39 is 0 Å². The fraction of sp³-hybridized carbons (Fsp3) is 0.500. The van der Waals surface area contributed by atoms with Crippen LogP contribution in [0, 0.1) is 0 Å². The molecule has 0 unspecified atom stereocenters. The third-order valence-corrected chi connectivity index (χ3v) is 6.58. The van der Waals surface area contributed by atoms with Crippen molar-refractivity contribution in [2.24, 2.45) is 0 Å². The number of hydrogen-bond acceptors (Lipinski definition) is 8. The van der Waals surface area contributed by atoms with Crippen molar-refractivity contribution in [3.8, 4) is 5.75 Å². The average Bonchev–Trinajstić information content (AvgIpc) is 2.98. The second kappa shape index (κ2) is 18.9. The van der Waals surface area contributed by atoms with Crippen molar-refractivity contribution in [2.45, 2.75) is 33.1 Å². The molecular weight excluding hydrogens is 522 g/mol.